The maximum atomic E-state index is 5.52. The van der Waals surface area contributed by atoms with Crippen LogP contribution in [0.3, 0.4) is 0 Å². The van der Waals surface area contributed by atoms with Crippen LogP contribution >= 0.6 is 0 Å². The normalized spacial score (nSPS) is 18.0. The van der Waals surface area contributed by atoms with Crippen LogP contribution in [0.1, 0.15) is 38.7 Å². The van der Waals surface area contributed by atoms with Crippen LogP contribution in [0.4, 0.5) is 0 Å². The maximum absolute atomic E-state index is 5.52. The first-order valence-corrected chi connectivity index (χ1v) is 10.4. The number of morpholine rings is 1. The monoisotopic (exact) mass is 390 g/mol. The number of nitrogens with one attached hydrogen (secondary N) is 2. The van der Waals surface area contributed by atoms with E-state index in [-0.39, 0.29) is 0 Å². The molecule has 0 spiro atoms. The third-order valence-corrected chi connectivity index (χ3v) is 5.28. The predicted molar refractivity (Wildman–Crippen MR) is 116 cm³/mol. The number of ether oxygens (including phenoxy) is 2. The number of nitrogens with zero attached hydrogens (tertiary/aromatic N) is 2. The molecule has 2 rings (SSSR count). The third-order valence-electron chi connectivity index (χ3n) is 5.28. The molecule has 1 fully saturated rings. The molecular weight excluding hydrogens is 352 g/mol. The number of aliphatic imine (C=N–C) groups is 1. The standard InChI is InChI=1S/C22H38N4O2/c1-17(2)14-19(26-10-12-28-13-11-26)16-25-22(23-4)24-15-18(3)20-8-6-7-9-21(20)27-5/h6-9,17-19H,10-16H2,1-5H3,(H2,23,24,25). The number of guanidine groups is 1. The molecule has 2 atom stereocenters. The Bertz CT molecular complexity index is 600. The van der Waals surface area contributed by atoms with Gasteiger partial charge in [-0.3, -0.25) is 9.89 Å². The van der Waals surface area contributed by atoms with Crippen LogP contribution in [0.5, 0.6) is 5.75 Å². The van der Waals surface area contributed by atoms with Crippen molar-refractivity contribution in [2.75, 3.05) is 53.6 Å². The molecule has 6 heteroatoms. The molecule has 2 N–H and O–H groups in total. The lowest BCUT2D eigenvalue weighted by Gasteiger charge is -2.35. The zero-order valence-electron chi connectivity index (χ0n) is 18.2. The van der Waals surface area contributed by atoms with Crippen LogP contribution in [0.15, 0.2) is 29.3 Å². The molecule has 1 aliphatic rings. The highest BCUT2D eigenvalue weighted by atomic mass is 16.5. The summed E-state index contributed by atoms with van der Waals surface area (Å²) in [4.78, 5) is 6.96. The molecule has 1 heterocycles. The van der Waals surface area contributed by atoms with E-state index >= 15 is 0 Å². The van der Waals surface area contributed by atoms with Crippen LogP contribution < -0.4 is 15.4 Å². The molecule has 2 unspecified atom stereocenters. The van der Waals surface area contributed by atoms with E-state index in [0.29, 0.717) is 17.9 Å². The van der Waals surface area contributed by atoms with Gasteiger partial charge in [0.2, 0.25) is 0 Å². The van der Waals surface area contributed by atoms with Gasteiger partial charge < -0.3 is 20.1 Å². The third kappa shape index (κ3) is 6.99. The number of benzene rings is 1. The van der Waals surface area contributed by atoms with Crippen LogP contribution in [0.25, 0.3) is 0 Å². The minimum Gasteiger partial charge on any atom is -0.496 e. The minimum absolute atomic E-state index is 0.320. The van der Waals surface area contributed by atoms with Crippen LogP contribution in [-0.2, 0) is 4.74 Å². The summed E-state index contributed by atoms with van der Waals surface area (Å²) in [6.45, 7) is 12.1. The second kappa shape index (κ2) is 11.9. The molecule has 1 aromatic rings. The van der Waals surface area contributed by atoms with E-state index in [4.69, 9.17) is 9.47 Å². The van der Waals surface area contributed by atoms with E-state index in [2.05, 4.69) is 53.4 Å². The fourth-order valence-corrected chi connectivity index (χ4v) is 3.72. The summed E-state index contributed by atoms with van der Waals surface area (Å²) in [6.07, 6.45) is 1.17. The molecule has 1 saturated heterocycles. The molecule has 1 aliphatic heterocycles. The van der Waals surface area contributed by atoms with Gasteiger partial charge in [0.1, 0.15) is 5.75 Å². The first kappa shape index (κ1) is 22.5. The Hall–Kier alpha value is -1.79. The number of hydrogen-bond donors (Lipinski definition) is 2. The molecule has 0 aliphatic carbocycles. The van der Waals surface area contributed by atoms with E-state index < -0.39 is 0 Å². The number of rotatable bonds is 9. The Morgan fingerprint density at radius 3 is 2.46 bits per heavy atom. The van der Waals surface area contributed by atoms with Gasteiger partial charge in [-0.2, -0.15) is 0 Å². The average molecular weight is 391 g/mol. The highest BCUT2D eigenvalue weighted by Crippen LogP contribution is 2.25. The molecule has 0 aromatic heterocycles. The van der Waals surface area contributed by atoms with Crippen LogP contribution in [0.2, 0.25) is 0 Å². The van der Waals surface area contributed by atoms with Crippen molar-refractivity contribution in [1.82, 2.24) is 15.5 Å². The van der Waals surface area contributed by atoms with Crippen molar-refractivity contribution in [1.29, 1.82) is 0 Å². The zero-order valence-corrected chi connectivity index (χ0v) is 18.2. The summed E-state index contributed by atoms with van der Waals surface area (Å²) in [7, 11) is 3.55. The SMILES string of the molecule is CN=C(NCC(C)c1ccccc1OC)NCC(CC(C)C)N1CCOCC1. The lowest BCUT2D eigenvalue weighted by atomic mass is 10.00. The van der Waals surface area contributed by atoms with Crippen molar-refractivity contribution >= 4 is 5.96 Å². The molecule has 0 bridgehead atoms. The lowest BCUT2D eigenvalue weighted by Crippen LogP contribution is -2.51. The van der Waals surface area contributed by atoms with Gasteiger partial charge in [0, 0.05) is 45.2 Å². The van der Waals surface area contributed by atoms with Gasteiger partial charge in [-0.25, -0.2) is 0 Å². The fraction of sp³-hybridized carbons (Fsp3) is 0.682. The van der Waals surface area contributed by atoms with Crippen molar-refractivity contribution in [3.05, 3.63) is 29.8 Å². The van der Waals surface area contributed by atoms with Crippen molar-refractivity contribution in [2.45, 2.75) is 39.2 Å². The van der Waals surface area contributed by atoms with Crippen molar-refractivity contribution in [3.8, 4) is 5.75 Å². The Kier molecular flexibility index (Phi) is 9.58. The second-order valence-corrected chi connectivity index (χ2v) is 7.91. The first-order chi connectivity index (χ1) is 13.5. The van der Waals surface area contributed by atoms with Crippen molar-refractivity contribution < 1.29 is 9.47 Å². The summed E-state index contributed by atoms with van der Waals surface area (Å²) < 4.78 is 11.0. The van der Waals surface area contributed by atoms with Gasteiger partial charge >= 0.3 is 0 Å². The molecule has 158 valence electrons. The largest absolute Gasteiger partial charge is 0.496 e. The molecule has 28 heavy (non-hydrogen) atoms. The smallest absolute Gasteiger partial charge is 0.191 e. The molecule has 0 radical (unpaired) electrons. The van der Waals surface area contributed by atoms with Gasteiger partial charge in [0.25, 0.3) is 0 Å². The van der Waals surface area contributed by atoms with Crippen molar-refractivity contribution in [2.24, 2.45) is 10.9 Å². The second-order valence-electron chi connectivity index (χ2n) is 7.91. The van der Waals surface area contributed by atoms with E-state index in [1.807, 2.05) is 19.2 Å². The van der Waals surface area contributed by atoms with E-state index in [9.17, 15) is 0 Å². The Morgan fingerprint density at radius 2 is 1.82 bits per heavy atom. The Morgan fingerprint density at radius 1 is 1.14 bits per heavy atom. The average Bonchev–Trinajstić information content (AvgIpc) is 2.73. The fourth-order valence-electron chi connectivity index (χ4n) is 3.72. The molecule has 0 saturated carbocycles. The zero-order chi connectivity index (χ0) is 20.4. The summed E-state index contributed by atoms with van der Waals surface area (Å²) in [6, 6.07) is 8.69. The van der Waals surface area contributed by atoms with E-state index in [1.165, 1.54) is 12.0 Å². The van der Waals surface area contributed by atoms with Gasteiger partial charge in [-0.15, -0.1) is 0 Å². The van der Waals surface area contributed by atoms with Crippen LogP contribution in [-0.4, -0.2) is 70.5 Å². The molecular formula is C22H38N4O2. The molecule has 6 nitrogen and oxygen atoms in total. The number of methoxy groups -OCH3 is 1. The number of para-hydroxylation sites is 1. The van der Waals surface area contributed by atoms with Gasteiger partial charge in [-0.05, 0) is 24.0 Å². The van der Waals surface area contributed by atoms with E-state index in [0.717, 1.165) is 51.1 Å². The lowest BCUT2D eigenvalue weighted by molar-refractivity contribution is 0.0132. The van der Waals surface area contributed by atoms with Crippen LogP contribution in [0, 0.1) is 5.92 Å². The van der Waals surface area contributed by atoms with Gasteiger partial charge in [-0.1, -0.05) is 39.0 Å². The summed E-state index contributed by atoms with van der Waals surface area (Å²) >= 11 is 0. The first-order valence-electron chi connectivity index (χ1n) is 10.4. The summed E-state index contributed by atoms with van der Waals surface area (Å²) in [5.74, 6) is 2.77. The van der Waals surface area contributed by atoms with Gasteiger partial charge in [0.05, 0.1) is 20.3 Å². The van der Waals surface area contributed by atoms with E-state index in [1.54, 1.807) is 7.11 Å². The predicted octanol–water partition coefficient (Wildman–Crippen LogP) is 2.71. The summed E-state index contributed by atoms with van der Waals surface area (Å²) in [5.41, 5.74) is 1.21. The topological polar surface area (TPSA) is 58.1 Å². The highest BCUT2D eigenvalue weighted by molar-refractivity contribution is 5.79. The summed E-state index contributed by atoms with van der Waals surface area (Å²) in [5, 5.41) is 7.00. The highest BCUT2D eigenvalue weighted by Gasteiger charge is 2.22. The Labute approximate surface area is 170 Å². The minimum atomic E-state index is 0.320. The Balaban J connectivity index is 1.88. The van der Waals surface area contributed by atoms with Crippen molar-refractivity contribution in [3.63, 3.8) is 0 Å². The van der Waals surface area contributed by atoms with Gasteiger partial charge in [0.15, 0.2) is 5.96 Å². The molecule has 1 aromatic carbocycles. The maximum Gasteiger partial charge on any atom is 0.191 e. The quantitative estimate of drug-likeness (QED) is 0.502. The molecule has 0 amide bonds. The number of hydrogen-bond acceptors (Lipinski definition) is 4.